The molecule has 4 nitrogen and oxygen atoms in total. The lowest BCUT2D eigenvalue weighted by molar-refractivity contribution is 0.102. The molecule has 0 unspecified atom stereocenters. The van der Waals surface area contributed by atoms with Crippen molar-refractivity contribution in [3.63, 3.8) is 0 Å². The van der Waals surface area contributed by atoms with E-state index >= 15 is 0 Å². The molecule has 0 aromatic carbocycles. The van der Waals surface area contributed by atoms with Crippen LogP contribution in [0.25, 0.3) is 0 Å². The molecular formula is C19H23N3OS. The van der Waals surface area contributed by atoms with E-state index in [1.165, 1.54) is 11.8 Å². The monoisotopic (exact) mass is 341 g/mol. The summed E-state index contributed by atoms with van der Waals surface area (Å²) in [5.74, 6) is 0.376. The fourth-order valence-electron chi connectivity index (χ4n) is 2.91. The summed E-state index contributed by atoms with van der Waals surface area (Å²) >= 11 is 1.35. The maximum atomic E-state index is 12.6. The molecule has 0 radical (unpaired) electrons. The number of hydrogen-bond donors (Lipinski definition) is 0. The summed E-state index contributed by atoms with van der Waals surface area (Å²) in [6, 6.07) is 6.06. The van der Waals surface area contributed by atoms with Gasteiger partial charge in [-0.2, -0.15) is 5.26 Å². The Bertz CT molecular complexity index is 815. The molecule has 24 heavy (non-hydrogen) atoms. The third kappa shape index (κ3) is 3.70. The van der Waals surface area contributed by atoms with Crippen LogP contribution in [0.1, 0.15) is 51.9 Å². The van der Waals surface area contributed by atoms with Gasteiger partial charge in [0, 0.05) is 29.2 Å². The van der Waals surface area contributed by atoms with Crippen molar-refractivity contribution in [2.75, 3.05) is 5.75 Å². The van der Waals surface area contributed by atoms with Gasteiger partial charge in [0.2, 0.25) is 0 Å². The number of hydrogen-bond acceptors (Lipinski definition) is 4. The number of aryl methyl sites for hydroxylation is 3. The average molecular weight is 341 g/mol. The van der Waals surface area contributed by atoms with Gasteiger partial charge in [-0.25, -0.2) is 4.98 Å². The van der Waals surface area contributed by atoms with E-state index in [2.05, 4.69) is 22.5 Å². The normalized spacial score (nSPS) is 10.7. The average Bonchev–Trinajstić information content (AvgIpc) is 2.81. The van der Waals surface area contributed by atoms with E-state index in [1.807, 2.05) is 39.8 Å². The van der Waals surface area contributed by atoms with Crippen LogP contribution in [0.2, 0.25) is 0 Å². The topological polar surface area (TPSA) is 58.7 Å². The zero-order chi connectivity index (χ0) is 17.9. The molecule has 2 heterocycles. The molecule has 0 aliphatic rings. The van der Waals surface area contributed by atoms with Crippen LogP contribution in [-0.4, -0.2) is 21.1 Å². The largest absolute Gasteiger partial charge is 0.348 e. The number of thioether (sulfide) groups is 1. The van der Waals surface area contributed by atoms with Crippen LogP contribution in [0.15, 0.2) is 17.2 Å². The molecule has 0 N–H and O–H groups in total. The number of carbonyl (C=O) groups excluding carboxylic acids is 1. The maximum Gasteiger partial charge on any atom is 0.174 e. The fourth-order valence-corrected chi connectivity index (χ4v) is 3.89. The van der Waals surface area contributed by atoms with Crippen molar-refractivity contribution in [3.8, 4) is 6.07 Å². The quantitative estimate of drug-likeness (QED) is 0.578. The predicted molar refractivity (Wildman–Crippen MR) is 97.7 cm³/mol. The van der Waals surface area contributed by atoms with Gasteiger partial charge in [-0.3, -0.25) is 4.79 Å². The third-order valence-electron chi connectivity index (χ3n) is 4.08. The molecule has 2 aromatic heterocycles. The van der Waals surface area contributed by atoms with Gasteiger partial charge in [0.25, 0.3) is 0 Å². The molecule has 0 amide bonds. The second kappa shape index (κ2) is 7.67. The molecule has 0 atom stereocenters. The summed E-state index contributed by atoms with van der Waals surface area (Å²) in [7, 11) is 0. The molecule has 0 bridgehead atoms. The smallest absolute Gasteiger partial charge is 0.174 e. The Hall–Kier alpha value is -2.06. The molecule has 0 spiro atoms. The number of pyridine rings is 1. The van der Waals surface area contributed by atoms with Crippen molar-refractivity contribution in [1.82, 2.24) is 9.55 Å². The van der Waals surface area contributed by atoms with Crippen molar-refractivity contribution in [1.29, 1.82) is 5.26 Å². The molecule has 0 saturated heterocycles. The van der Waals surface area contributed by atoms with E-state index in [-0.39, 0.29) is 5.78 Å². The first kappa shape index (κ1) is 18.3. The fraction of sp³-hybridized carbons (Fsp3) is 0.421. The lowest BCUT2D eigenvalue weighted by atomic mass is 10.1. The molecule has 0 saturated carbocycles. The second-order valence-electron chi connectivity index (χ2n) is 6.02. The van der Waals surface area contributed by atoms with Crippen LogP contribution in [0, 0.1) is 39.0 Å². The highest BCUT2D eigenvalue weighted by atomic mass is 32.2. The number of Topliss-reactive ketones (excluding diaryl/α,β-unsaturated/α-hetero) is 1. The van der Waals surface area contributed by atoms with Gasteiger partial charge in [0.05, 0.1) is 11.3 Å². The number of ketones is 1. The number of nitrogens with zero attached hydrogens (tertiary/aromatic N) is 3. The summed E-state index contributed by atoms with van der Waals surface area (Å²) in [6.07, 6.45) is 1.04. The summed E-state index contributed by atoms with van der Waals surface area (Å²) < 4.78 is 2.19. The van der Waals surface area contributed by atoms with Gasteiger partial charge < -0.3 is 4.57 Å². The van der Waals surface area contributed by atoms with Crippen LogP contribution in [0.5, 0.6) is 0 Å². The molecule has 0 aliphatic heterocycles. The molecule has 2 aromatic rings. The zero-order valence-corrected chi connectivity index (χ0v) is 15.8. The number of aromatic nitrogens is 2. The summed E-state index contributed by atoms with van der Waals surface area (Å²) in [5.41, 5.74) is 5.24. The van der Waals surface area contributed by atoms with E-state index in [0.29, 0.717) is 16.3 Å². The highest BCUT2D eigenvalue weighted by molar-refractivity contribution is 8.00. The van der Waals surface area contributed by atoms with Crippen LogP contribution in [0.3, 0.4) is 0 Å². The van der Waals surface area contributed by atoms with E-state index < -0.39 is 0 Å². The first-order chi connectivity index (χ1) is 11.4. The minimum Gasteiger partial charge on any atom is -0.348 e. The van der Waals surface area contributed by atoms with Crippen molar-refractivity contribution in [2.24, 2.45) is 0 Å². The van der Waals surface area contributed by atoms with Crippen molar-refractivity contribution >= 4 is 17.5 Å². The highest BCUT2D eigenvalue weighted by Gasteiger charge is 2.17. The van der Waals surface area contributed by atoms with E-state index in [4.69, 9.17) is 0 Å². The molecule has 0 fully saturated rings. The van der Waals surface area contributed by atoms with E-state index in [9.17, 15) is 10.1 Å². The Morgan fingerprint density at radius 1 is 1.29 bits per heavy atom. The van der Waals surface area contributed by atoms with Crippen LogP contribution in [0.4, 0.5) is 0 Å². The number of carbonyl (C=O) groups is 1. The molecule has 2 rings (SSSR count). The Labute approximate surface area is 147 Å². The lowest BCUT2D eigenvalue weighted by Gasteiger charge is -2.08. The molecular weight excluding hydrogens is 318 g/mol. The van der Waals surface area contributed by atoms with Gasteiger partial charge in [-0.1, -0.05) is 18.7 Å². The standard InChI is InChI=1S/C19H23N3OS/c1-6-7-22-14(4)9-16(15(22)5)18(23)11-24-19-17(10-20)12(2)8-13(3)21-19/h8-9H,6-7,11H2,1-5H3. The van der Waals surface area contributed by atoms with Gasteiger partial charge in [0.1, 0.15) is 11.1 Å². The van der Waals surface area contributed by atoms with Crippen molar-refractivity contribution in [2.45, 2.75) is 52.6 Å². The summed E-state index contributed by atoms with van der Waals surface area (Å²) in [4.78, 5) is 17.1. The Kier molecular flexibility index (Phi) is 5.84. The molecule has 5 heteroatoms. The molecule has 0 aliphatic carbocycles. The summed E-state index contributed by atoms with van der Waals surface area (Å²) in [6.45, 7) is 10.9. The van der Waals surface area contributed by atoms with Crippen LogP contribution < -0.4 is 0 Å². The van der Waals surface area contributed by atoms with Crippen LogP contribution in [-0.2, 0) is 6.54 Å². The minimum atomic E-state index is 0.0836. The first-order valence-electron chi connectivity index (χ1n) is 8.10. The maximum absolute atomic E-state index is 12.6. The van der Waals surface area contributed by atoms with E-state index in [0.717, 1.165) is 41.2 Å². The second-order valence-corrected chi connectivity index (χ2v) is 6.98. The zero-order valence-electron chi connectivity index (χ0n) is 14.9. The Morgan fingerprint density at radius 3 is 2.62 bits per heavy atom. The van der Waals surface area contributed by atoms with Crippen molar-refractivity contribution in [3.05, 3.63) is 45.9 Å². The van der Waals surface area contributed by atoms with Gasteiger partial charge in [0.15, 0.2) is 5.78 Å². The predicted octanol–water partition coefficient (Wildman–Crippen LogP) is 4.37. The van der Waals surface area contributed by atoms with Gasteiger partial charge >= 0.3 is 0 Å². The van der Waals surface area contributed by atoms with E-state index in [1.54, 1.807) is 0 Å². The number of rotatable bonds is 6. The van der Waals surface area contributed by atoms with Gasteiger partial charge in [-0.05, 0) is 51.8 Å². The number of nitriles is 1. The third-order valence-corrected chi connectivity index (χ3v) is 5.06. The highest BCUT2D eigenvalue weighted by Crippen LogP contribution is 2.25. The van der Waals surface area contributed by atoms with Gasteiger partial charge in [-0.15, -0.1) is 0 Å². The van der Waals surface area contributed by atoms with Crippen molar-refractivity contribution < 1.29 is 4.79 Å². The van der Waals surface area contributed by atoms with Crippen LogP contribution >= 0.6 is 11.8 Å². The Morgan fingerprint density at radius 2 is 2.00 bits per heavy atom. The lowest BCUT2D eigenvalue weighted by Crippen LogP contribution is -2.07. The SMILES string of the molecule is CCCn1c(C)cc(C(=O)CSc2nc(C)cc(C)c2C#N)c1C. The minimum absolute atomic E-state index is 0.0836. The molecule has 126 valence electrons. The first-order valence-corrected chi connectivity index (χ1v) is 9.08. The Balaban J connectivity index is 2.21. The summed E-state index contributed by atoms with van der Waals surface area (Å²) in [5, 5.41) is 9.97.